The van der Waals surface area contributed by atoms with E-state index in [4.69, 9.17) is 20.3 Å². The van der Waals surface area contributed by atoms with Crippen LogP contribution in [0.4, 0.5) is 0 Å². The number of nitrogens with zero attached hydrogens (tertiary/aromatic N) is 3. The van der Waals surface area contributed by atoms with E-state index in [9.17, 15) is 14.4 Å². The Kier molecular flexibility index (Phi) is 8.83. The van der Waals surface area contributed by atoms with Gasteiger partial charge in [-0.3, -0.25) is 19.1 Å². The maximum atomic E-state index is 13.1. The Morgan fingerprint density at radius 3 is 2.21 bits per heavy atom. The van der Waals surface area contributed by atoms with E-state index in [-0.39, 0.29) is 11.8 Å². The quantitative estimate of drug-likeness (QED) is 0.276. The highest BCUT2D eigenvalue weighted by Crippen LogP contribution is 2.26. The number of methoxy groups -OCH3 is 1. The Balaban J connectivity index is 1.14. The first-order chi connectivity index (χ1) is 20.3. The first-order valence-electron chi connectivity index (χ1n) is 14.0. The summed E-state index contributed by atoms with van der Waals surface area (Å²) in [5.41, 5.74) is 8.72. The summed E-state index contributed by atoms with van der Waals surface area (Å²) < 4.78 is 12.8. The van der Waals surface area contributed by atoms with Crippen molar-refractivity contribution in [3.05, 3.63) is 89.1 Å². The third kappa shape index (κ3) is 6.60. The molecular formula is C32H35N5O5. The third-order valence-corrected chi connectivity index (χ3v) is 7.67. The van der Waals surface area contributed by atoms with Crippen molar-refractivity contribution in [3.8, 4) is 11.5 Å². The molecule has 5 rings (SSSR count). The van der Waals surface area contributed by atoms with Crippen LogP contribution in [0.5, 0.6) is 11.5 Å². The molecule has 3 amide bonds. The maximum absolute atomic E-state index is 13.1. The van der Waals surface area contributed by atoms with Crippen LogP contribution in [0.2, 0.25) is 0 Å². The van der Waals surface area contributed by atoms with E-state index >= 15 is 0 Å². The number of hydrogen-bond acceptors (Lipinski definition) is 6. The predicted octanol–water partition coefficient (Wildman–Crippen LogP) is 4.16. The summed E-state index contributed by atoms with van der Waals surface area (Å²) in [6.45, 7) is 5.00. The van der Waals surface area contributed by atoms with Crippen LogP contribution in [-0.2, 0) is 11.3 Å². The van der Waals surface area contributed by atoms with Gasteiger partial charge in [0.05, 0.1) is 12.1 Å². The first-order valence-corrected chi connectivity index (χ1v) is 14.0. The number of hydrogen-bond donors (Lipinski definition) is 2. The summed E-state index contributed by atoms with van der Waals surface area (Å²) in [6.07, 6.45) is 3.79. The molecule has 3 N–H and O–H groups in total. The van der Waals surface area contributed by atoms with E-state index < -0.39 is 5.91 Å². The molecule has 0 saturated carbocycles. The van der Waals surface area contributed by atoms with E-state index in [0.717, 1.165) is 35.9 Å². The largest absolute Gasteiger partial charge is 0.457 e. The van der Waals surface area contributed by atoms with Crippen molar-refractivity contribution >= 4 is 28.6 Å². The summed E-state index contributed by atoms with van der Waals surface area (Å²) in [5.74, 6) is 0.964. The molecule has 3 aromatic carbocycles. The minimum atomic E-state index is -0.492. The third-order valence-electron chi connectivity index (χ3n) is 7.67. The van der Waals surface area contributed by atoms with Crippen molar-refractivity contribution in [1.82, 2.24) is 20.0 Å². The summed E-state index contributed by atoms with van der Waals surface area (Å²) in [5, 5.41) is 8.59. The van der Waals surface area contributed by atoms with Crippen LogP contribution in [0.25, 0.3) is 10.9 Å². The fraction of sp³-hybridized carbons (Fsp3) is 0.312. The number of aryl methyl sites for hydroxylation is 1. The van der Waals surface area contributed by atoms with Gasteiger partial charge in [0, 0.05) is 61.6 Å². The molecule has 218 valence electrons. The van der Waals surface area contributed by atoms with Crippen LogP contribution >= 0.6 is 0 Å². The predicted molar refractivity (Wildman–Crippen MR) is 159 cm³/mol. The number of amides is 3. The van der Waals surface area contributed by atoms with Gasteiger partial charge in [0.1, 0.15) is 11.5 Å². The number of nitrogens with one attached hydrogen (secondary N) is 1. The van der Waals surface area contributed by atoms with E-state index in [2.05, 4.69) is 5.32 Å². The average Bonchev–Trinajstić information content (AvgIpc) is 3.41. The minimum absolute atomic E-state index is 0.00238. The van der Waals surface area contributed by atoms with Gasteiger partial charge >= 0.3 is 0 Å². The zero-order valence-electron chi connectivity index (χ0n) is 23.8. The Bertz CT molecular complexity index is 1570. The molecule has 1 aliphatic rings. The molecule has 0 spiro atoms. The summed E-state index contributed by atoms with van der Waals surface area (Å²) in [6, 6.07) is 17.4. The lowest BCUT2D eigenvalue weighted by Gasteiger charge is -2.32. The molecule has 42 heavy (non-hydrogen) atoms. The Morgan fingerprint density at radius 1 is 0.952 bits per heavy atom. The number of aromatic nitrogens is 2. The zero-order valence-corrected chi connectivity index (χ0v) is 23.8. The highest BCUT2D eigenvalue weighted by atomic mass is 16.5. The Morgan fingerprint density at radius 2 is 1.60 bits per heavy atom. The normalized spacial score (nSPS) is 13.7. The number of carbonyl (C=O) groups is 3. The van der Waals surface area contributed by atoms with Crippen LogP contribution < -0.4 is 15.8 Å². The van der Waals surface area contributed by atoms with Crippen molar-refractivity contribution in [3.63, 3.8) is 0 Å². The van der Waals surface area contributed by atoms with Gasteiger partial charge in [0.2, 0.25) is 5.91 Å². The van der Waals surface area contributed by atoms with Gasteiger partial charge in [-0.1, -0.05) is 0 Å². The molecule has 0 radical (unpaired) electrons. The first kappa shape index (κ1) is 28.8. The molecule has 1 aromatic heterocycles. The van der Waals surface area contributed by atoms with Crippen LogP contribution in [-0.4, -0.2) is 65.8 Å². The van der Waals surface area contributed by atoms with E-state index in [0.29, 0.717) is 60.3 Å². The lowest BCUT2D eigenvalue weighted by molar-refractivity contribution is 0.0681. The zero-order chi connectivity index (χ0) is 29.6. The Labute approximate surface area is 244 Å². The number of fused-ring (bicyclic) bond motifs is 1. The van der Waals surface area contributed by atoms with Crippen LogP contribution in [0, 0.1) is 12.8 Å². The summed E-state index contributed by atoms with van der Waals surface area (Å²) in [7, 11) is 1.60. The number of rotatable bonds is 10. The molecule has 1 fully saturated rings. The second-order valence-electron chi connectivity index (χ2n) is 10.5. The van der Waals surface area contributed by atoms with Crippen molar-refractivity contribution in [2.75, 3.05) is 33.4 Å². The van der Waals surface area contributed by atoms with Crippen molar-refractivity contribution in [1.29, 1.82) is 0 Å². The second-order valence-corrected chi connectivity index (χ2v) is 10.5. The van der Waals surface area contributed by atoms with E-state index in [1.165, 1.54) is 0 Å². The maximum Gasteiger partial charge on any atom is 0.253 e. The lowest BCUT2D eigenvalue weighted by atomic mass is 9.96. The Hall–Kier alpha value is -4.70. The van der Waals surface area contributed by atoms with Crippen LogP contribution in [0.1, 0.15) is 49.5 Å². The molecule has 2 heterocycles. The van der Waals surface area contributed by atoms with Crippen molar-refractivity contribution in [2.24, 2.45) is 11.7 Å². The number of nitrogens with two attached hydrogens (primary N) is 1. The fourth-order valence-electron chi connectivity index (χ4n) is 5.24. The van der Waals surface area contributed by atoms with Crippen molar-refractivity contribution in [2.45, 2.75) is 26.3 Å². The molecule has 0 atom stereocenters. The minimum Gasteiger partial charge on any atom is -0.457 e. The fourth-order valence-corrected chi connectivity index (χ4v) is 5.24. The van der Waals surface area contributed by atoms with Gasteiger partial charge in [0.25, 0.3) is 11.8 Å². The number of ether oxygens (including phenoxy) is 2. The summed E-state index contributed by atoms with van der Waals surface area (Å²) in [4.78, 5) is 38.8. The number of benzene rings is 3. The highest BCUT2D eigenvalue weighted by Gasteiger charge is 2.24. The molecule has 4 aromatic rings. The monoisotopic (exact) mass is 569 g/mol. The molecule has 10 heteroatoms. The molecule has 10 nitrogen and oxygen atoms in total. The number of piperidine rings is 1. The topological polar surface area (TPSA) is 129 Å². The molecule has 1 aliphatic heterocycles. The van der Waals surface area contributed by atoms with Crippen molar-refractivity contribution < 1.29 is 23.9 Å². The lowest BCUT2D eigenvalue weighted by Crippen LogP contribution is -2.39. The van der Waals surface area contributed by atoms with Gasteiger partial charge in [-0.25, -0.2) is 0 Å². The van der Waals surface area contributed by atoms with Crippen LogP contribution in [0.15, 0.2) is 66.9 Å². The van der Waals surface area contributed by atoms with E-state index in [1.54, 1.807) is 55.6 Å². The molecular weight excluding hydrogens is 534 g/mol. The molecule has 0 bridgehead atoms. The van der Waals surface area contributed by atoms with E-state index in [1.807, 2.05) is 34.8 Å². The van der Waals surface area contributed by atoms with Gasteiger partial charge < -0.3 is 25.4 Å². The number of likely N-dealkylation sites (tertiary alicyclic amines) is 1. The standard InChI is InChI=1S/C32H35N5O5/c1-21-27(31(39)34-15-18-41-2)11-12-29-28(21)20-37(35-29)19-22-13-16-36(17-14-22)32(40)24-5-9-26(10-6-24)42-25-7-3-23(4-8-25)30(33)38/h3-12,20,22H,13-19H2,1-2H3,(H2,33,38)(H,34,39). The van der Waals surface area contributed by atoms with Gasteiger partial charge in [-0.15, -0.1) is 0 Å². The molecule has 0 aliphatic carbocycles. The SMILES string of the molecule is COCCNC(=O)c1ccc2nn(CC3CCN(C(=O)c4ccc(Oc5ccc(C(N)=O)cc5)cc4)CC3)cc2c1C. The second kappa shape index (κ2) is 12.9. The molecule has 1 saturated heterocycles. The number of primary amides is 1. The number of carbonyl (C=O) groups excluding carboxylic acids is 3. The van der Waals surface area contributed by atoms with Gasteiger partial charge in [-0.2, -0.15) is 5.10 Å². The van der Waals surface area contributed by atoms with Gasteiger partial charge in [0.15, 0.2) is 0 Å². The van der Waals surface area contributed by atoms with Gasteiger partial charge in [-0.05, 0) is 91.9 Å². The summed E-state index contributed by atoms with van der Waals surface area (Å²) >= 11 is 0. The van der Waals surface area contributed by atoms with Crippen LogP contribution in [0.3, 0.4) is 0 Å². The molecule has 0 unspecified atom stereocenters. The highest BCUT2D eigenvalue weighted by molar-refractivity contribution is 6.00. The smallest absolute Gasteiger partial charge is 0.253 e. The average molecular weight is 570 g/mol.